The summed E-state index contributed by atoms with van der Waals surface area (Å²) >= 11 is 6.17. The molecule has 0 radical (unpaired) electrons. The van der Waals surface area contributed by atoms with Crippen molar-refractivity contribution in [1.29, 1.82) is 0 Å². The fourth-order valence-corrected chi connectivity index (χ4v) is 5.12. The molecule has 2 aromatic carbocycles. The Bertz CT molecular complexity index is 1060. The molecule has 160 valence electrons. The molecule has 1 heterocycles. The number of halogens is 1. The number of carbonyl (C=O) groups excluding carboxylic acids is 2. The van der Waals surface area contributed by atoms with Gasteiger partial charge in [0.2, 0.25) is 10.0 Å². The third-order valence-corrected chi connectivity index (χ3v) is 6.91. The number of rotatable bonds is 5. The minimum atomic E-state index is -3.81. The van der Waals surface area contributed by atoms with E-state index in [-0.39, 0.29) is 46.6 Å². The van der Waals surface area contributed by atoms with Gasteiger partial charge in [-0.2, -0.15) is 4.31 Å². The summed E-state index contributed by atoms with van der Waals surface area (Å²) < 4.78 is 33.1. The number of amides is 1. The van der Waals surface area contributed by atoms with E-state index in [0.717, 1.165) is 0 Å². The number of carbonyl (C=O) groups is 2. The van der Waals surface area contributed by atoms with Gasteiger partial charge in [-0.05, 0) is 63.2 Å². The van der Waals surface area contributed by atoms with E-state index in [0.29, 0.717) is 11.3 Å². The van der Waals surface area contributed by atoms with Crippen LogP contribution in [0.5, 0.6) is 0 Å². The highest BCUT2D eigenvalue weighted by Crippen LogP contribution is 2.26. The van der Waals surface area contributed by atoms with Crippen LogP contribution in [0.1, 0.15) is 41.5 Å². The Morgan fingerprint density at radius 3 is 2.23 bits per heavy atom. The highest BCUT2D eigenvalue weighted by atomic mass is 35.5. The molecule has 1 amide bonds. The van der Waals surface area contributed by atoms with Gasteiger partial charge >= 0.3 is 0 Å². The number of benzene rings is 2. The Morgan fingerprint density at radius 2 is 1.67 bits per heavy atom. The number of ketones is 1. The predicted molar refractivity (Wildman–Crippen MR) is 115 cm³/mol. The minimum Gasteiger partial charge on any atom is -0.373 e. The highest BCUT2D eigenvalue weighted by molar-refractivity contribution is 7.89. The van der Waals surface area contributed by atoms with Crippen molar-refractivity contribution in [3.8, 4) is 0 Å². The molecule has 0 saturated carbocycles. The molecule has 0 aliphatic carbocycles. The molecule has 0 spiro atoms. The molecule has 1 fully saturated rings. The van der Waals surface area contributed by atoms with Crippen LogP contribution in [0.25, 0.3) is 0 Å². The number of ether oxygens (including phenoxy) is 1. The zero-order valence-electron chi connectivity index (χ0n) is 16.9. The van der Waals surface area contributed by atoms with Gasteiger partial charge in [-0.3, -0.25) is 9.59 Å². The highest BCUT2D eigenvalue weighted by Gasteiger charge is 2.32. The Kier molecular flexibility index (Phi) is 6.62. The standard InChI is InChI=1S/C21H23ClN2O5S/c1-13-11-24(12-14(2)29-13)30(27,28)18-8-9-20(22)19(10-18)21(26)23-17-6-4-16(5-7-17)15(3)25/h4-10,13-14H,11-12H2,1-3H3,(H,23,26)/t13-,14+. The van der Waals surface area contributed by atoms with Gasteiger partial charge < -0.3 is 10.1 Å². The summed E-state index contributed by atoms with van der Waals surface area (Å²) in [7, 11) is -3.81. The summed E-state index contributed by atoms with van der Waals surface area (Å²) in [6, 6.07) is 10.5. The van der Waals surface area contributed by atoms with Crippen molar-refractivity contribution >= 4 is 39.0 Å². The average Bonchev–Trinajstić information content (AvgIpc) is 2.67. The van der Waals surface area contributed by atoms with Gasteiger partial charge in [0, 0.05) is 24.3 Å². The van der Waals surface area contributed by atoms with Crippen molar-refractivity contribution in [3.05, 3.63) is 58.6 Å². The predicted octanol–water partition coefficient (Wildman–Crippen LogP) is 3.59. The smallest absolute Gasteiger partial charge is 0.257 e. The Labute approximate surface area is 181 Å². The molecular formula is C21H23ClN2O5S. The maximum absolute atomic E-state index is 13.1. The first-order chi connectivity index (χ1) is 14.1. The minimum absolute atomic E-state index is 0.00900. The largest absolute Gasteiger partial charge is 0.373 e. The molecule has 1 aliphatic heterocycles. The fraction of sp³-hybridized carbons (Fsp3) is 0.333. The Hall–Kier alpha value is -2.26. The van der Waals surface area contributed by atoms with Crippen LogP contribution >= 0.6 is 11.6 Å². The second-order valence-corrected chi connectivity index (χ2v) is 9.65. The number of morpholine rings is 1. The summed E-state index contributed by atoms with van der Waals surface area (Å²) in [5, 5.41) is 2.81. The molecule has 7 nitrogen and oxygen atoms in total. The van der Waals surface area contributed by atoms with Gasteiger partial charge in [-0.15, -0.1) is 0 Å². The van der Waals surface area contributed by atoms with Crippen LogP contribution in [-0.4, -0.2) is 49.7 Å². The average molecular weight is 451 g/mol. The second-order valence-electron chi connectivity index (χ2n) is 7.31. The molecule has 3 rings (SSSR count). The lowest BCUT2D eigenvalue weighted by molar-refractivity contribution is -0.0440. The van der Waals surface area contributed by atoms with Crippen LogP contribution in [0, 0.1) is 0 Å². The quantitative estimate of drug-likeness (QED) is 0.702. The van der Waals surface area contributed by atoms with Crippen LogP contribution in [0.2, 0.25) is 5.02 Å². The van der Waals surface area contributed by atoms with E-state index in [1.807, 2.05) is 13.8 Å². The van der Waals surface area contributed by atoms with E-state index in [9.17, 15) is 18.0 Å². The molecule has 30 heavy (non-hydrogen) atoms. The maximum atomic E-state index is 13.1. The lowest BCUT2D eigenvalue weighted by atomic mass is 10.1. The van der Waals surface area contributed by atoms with Gasteiger partial charge in [0.25, 0.3) is 5.91 Å². The fourth-order valence-electron chi connectivity index (χ4n) is 3.30. The van der Waals surface area contributed by atoms with Crippen LogP contribution in [0.15, 0.2) is 47.4 Å². The number of sulfonamides is 1. The van der Waals surface area contributed by atoms with Crippen molar-refractivity contribution < 1.29 is 22.7 Å². The third-order valence-electron chi connectivity index (χ3n) is 4.76. The van der Waals surface area contributed by atoms with Crippen molar-refractivity contribution in [2.75, 3.05) is 18.4 Å². The Morgan fingerprint density at radius 1 is 1.07 bits per heavy atom. The molecule has 9 heteroatoms. The van der Waals surface area contributed by atoms with E-state index < -0.39 is 15.9 Å². The van der Waals surface area contributed by atoms with E-state index in [1.54, 1.807) is 24.3 Å². The molecule has 1 aliphatic rings. The van der Waals surface area contributed by atoms with E-state index >= 15 is 0 Å². The van der Waals surface area contributed by atoms with Crippen molar-refractivity contribution in [1.82, 2.24) is 4.31 Å². The number of nitrogens with zero attached hydrogens (tertiary/aromatic N) is 1. The van der Waals surface area contributed by atoms with E-state index in [2.05, 4.69) is 5.32 Å². The summed E-state index contributed by atoms with van der Waals surface area (Å²) in [5.74, 6) is -0.628. The van der Waals surface area contributed by atoms with Crippen LogP contribution in [-0.2, 0) is 14.8 Å². The molecule has 2 aromatic rings. The molecular weight excluding hydrogens is 428 g/mol. The van der Waals surface area contributed by atoms with Gasteiger partial charge in [0.15, 0.2) is 5.78 Å². The molecule has 2 atom stereocenters. The number of Topliss-reactive ketones (excluding diaryl/α,β-unsaturated/α-hetero) is 1. The molecule has 0 bridgehead atoms. The van der Waals surface area contributed by atoms with Crippen LogP contribution < -0.4 is 5.32 Å². The lowest BCUT2D eigenvalue weighted by Crippen LogP contribution is -2.48. The topological polar surface area (TPSA) is 92.8 Å². The zero-order chi connectivity index (χ0) is 22.1. The number of anilines is 1. The normalized spacial score (nSPS) is 20.0. The summed E-state index contributed by atoms with van der Waals surface area (Å²) in [6.45, 7) is 5.56. The summed E-state index contributed by atoms with van der Waals surface area (Å²) in [4.78, 5) is 24.1. The summed E-state index contributed by atoms with van der Waals surface area (Å²) in [6.07, 6.45) is -0.451. The molecule has 1 saturated heterocycles. The van der Waals surface area contributed by atoms with Crippen LogP contribution in [0.4, 0.5) is 5.69 Å². The number of hydrogen-bond acceptors (Lipinski definition) is 5. The van der Waals surface area contributed by atoms with Crippen molar-refractivity contribution in [3.63, 3.8) is 0 Å². The van der Waals surface area contributed by atoms with Gasteiger partial charge in [-0.1, -0.05) is 11.6 Å². The second kappa shape index (κ2) is 8.85. The number of hydrogen-bond donors (Lipinski definition) is 1. The monoisotopic (exact) mass is 450 g/mol. The molecule has 1 N–H and O–H groups in total. The molecule has 0 unspecified atom stereocenters. The third kappa shape index (κ3) is 4.89. The van der Waals surface area contributed by atoms with E-state index in [4.69, 9.17) is 16.3 Å². The van der Waals surface area contributed by atoms with Gasteiger partial charge in [0.1, 0.15) is 0 Å². The summed E-state index contributed by atoms with van der Waals surface area (Å²) in [5.41, 5.74) is 1.03. The van der Waals surface area contributed by atoms with Gasteiger partial charge in [0.05, 0.1) is 27.7 Å². The first kappa shape index (κ1) is 22.4. The zero-order valence-corrected chi connectivity index (χ0v) is 18.5. The van der Waals surface area contributed by atoms with Gasteiger partial charge in [-0.25, -0.2) is 8.42 Å². The molecule has 0 aromatic heterocycles. The van der Waals surface area contributed by atoms with E-state index in [1.165, 1.54) is 29.4 Å². The van der Waals surface area contributed by atoms with Crippen molar-refractivity contribution in [2.24, 2.45) is 0 Å². The SMILES string of the molecule is CC(=O)c1ccc(NC(=O)c2cc(S(=O)(=O)N3C[C@@H](C)O[C@@H](C)C3)ccc2Cl)cc1. The first-order valence-corrected chi connectivity index (χ1v) is 11.3. The number of nitrogens with one attached hydrogen (secondary N) is 1. The lowest BCUT2D eigenvalue weighted by Gasteiger charge is -2.34. The maximum Gasteiger partial charge on any atom is 0.257 e. The van der Waals surface area contributed by atoms with Crippen LogP contribution in [0.3, 0.4) is 0 Å². The first-order valence-electron chi connectivity index (χ1n) is 9.45. The van der Waals surface area contributed by atoms with Crippen molar-refractivity contribution in [2.45, 2.75) is 37.9 Å². The Balaban J connectivity index is 1.85.